The summed E-state index contributed by atoms with van der Waals surface area (Å²) < 4.78 is 26.3. The van der Waals surface area contributed by atoms with Crippen molar-refractivity contribution in [2.75, 3.05) is 50.7 Å². The Kier molecular flexibility index (Phi) is 4.52. The van der Waals surface area contributed by atoms with Crippen LogP contribution in [0.4, 0.5) is 14.6 Å². The van der Waals surface area contributed by atoms with Crippen LogP contribution in [-0.4, -0.2) is 71.6 Å². The van der Waals surface area contributed by atoms with Gasteiger partial charge in [0.15, 0.2) is 5.82 Å². The van der Waals surface area contributed by atoms with Crippen molar-refractivity contribution < 1.29 is 8.78 Å². The Hall–Kier alpha value is -1.86. The molecule has 3 heterocycles. The second-order valence-corrected chi connectivity index (χ2v) is 6.75. The van der Waals surface area contributed by atoms with E-state index in [0.29, 0.717) is 17.4 Å². The van der Waals surface area contributed by atoms with Crippen molar-refractivity contribution in [3.8, 4) is 0 Å². The summed E-state index contributed by atoms with van der Waals surface area (Å²) in [7, 11) is 0. The molecule has 134 valence electrons. The maximum atomic E-state index is 13.1. The molecule has 2 fully saturated rings. The summed E-state index contributed by atoms with van der Waals surface area (Å²) in [6.45, 7) is 9.37. The molecule has 0 amide bonds. The lowest BCUT2D eigenvalue weighted by Crippen LogP contribution is -2.63. The Morgan fingerprint density at radius 3 is 2.48 bits per heavy atom. The summed E-state index contributed by atoms with van der Waals surface area (Å²) >= 11 is 0. The third-order valence-electron chi connectivity index (χ3n) is 5.33. The maximum Gasteiger partial charge on any atom is 0.297 e. The quantitative estimate of drug-likeness (QED) is 0.849. The van der Waals surface area contributed by atoms with E-state index in [9.17, 15) is 8.78 Å². The van der Waals surface area contributed by atoms with Gasteiger partial charge in [-0.3, -0.25) is 4.90 Å². The molecular formula is C18H23F2N5. The number of nitrogens with zero attached hydrogens (tertiary/aromatic N) is 5. The molecule has 1 aromatic heterocycles. The first kappa shape index (κ1) is 16.6. The van der Waals surface area contributed by atoms with Crippen molar-refractivity contribution in [3.05, 3.63) is 30.1 Å². The van der Waals surface area contributed by atoms with Crippen LogP contribution in [0, 0.1) is 0 Å². The van der Waals surface area contributed by atoms with Gasteiger partial charge in [0.05, 0.1) is 5.52 Å². The summed E-state index contributed by atoms with van der Waals surface area (Å²) in [4.78, 5) is 15.2. The van der Waals surface area contributed by atoms with Gasteiger partial charge in [-0.1, -0.05) is 19.1 Å². The molecule has 25 heavy (non-hydrogen) atoms. The van der Waals surface area contributed by atoms with Gasteiger partial charge in [0.1, 0.15) is 5.82 Å². The zero-order valence-electron chi connectivity index (χ0n) is 14.4. The topological polar surface area (TPSA) is 35.5 Å². The van der Waals surface area contributed by atoms with Crippen LogP contribution in [0.25, 0.3) is 10.9 Å². The highest BCUT2D eigenvalue weighted by molar-refractivity contribution is 5.89. The SMILES string of the molecule is CCN1CCN(C2CN(c3nc(C(F)F)nc4ccccc34)C2)CC1. The van der Waals surface area contributed by atoms with E-state index in [1.807, 2.05) is 18.2 Å². The number of piperazine rings is 1. The lowest BCUT2D eigenvalue weighted by Gasteiger charge is -2.48. The number of benzene rings is 1. The van der Waals surface area contributed by atoms with Crippen molar-refractivity contribution in [1.82, 2.24) is 19.8 Å². The van der Waals surface area contributed by atoms with Crippen LogP contribution in [-0.2, 0) is 0 Å². The van der Waals surface area contributed by atoms with E-state index in [1.165, 1.54) is 0 Å². The van der Waals surface area contributed by atoms with Gasteiger partial charge in [-0.05, 0) is 18.7 Å². The Bertz CT molecular complexity index is 739. The molecule has 4 rings (SSSR count). The van der Waals surface area contributed by atoms with Crippen LogP contribution in [0.3, 0.4) is 0 Å². The Morgan fingerprint density at radius 2 is 1.80 bits per heavy atom. The van der Waals surface area contributed by atoms with Gasteiger partial charge in [-0.2, -0.15) is 0 Å². The summed E-state index contributed by atoms with van der Waals surface area (Å²) in [5.41, 5.74) is 0.586. The van der Waals surface area contributed by atoms with Gasteiger partial charge in [-0.15, -0.1) is 0 Å². The predicted molar refractivity (Wildman–Crippen MR) is 94.2 cm³/mol. The van der Waals surface area contributed by atoms with Crippen molar-refractivity contribution in [3.63, 3.8) is 0 Å². The first-order valence-corrected chi connectivity index (χ1v) is 8.92. The molecule has 0 unspecified atom stereocenters. The third kappa shape index (κ3) is 3.18. The van der Waals surface area contributed by atoms with Crippen LogP contribution in [0.1, 0.15) is 19.2 Å². The number of likely N-dealkylation sites (N-methyl/N-ethyl adjacent to an activating group) is 1. The zero-order valence-corrected chi connectivity index (χ0v) is 14.4. The first-order valence-electron chi connectivity index (χ1n) is 8.92. The Labute approximate surface area is 146 Å². The van der Waals surface area contributed by atoms with Crippen molar-refractivity contribution in [2.45, 2.75) is 19.4 Å². The lowest BCUT2D eigenvalue weighted by atomic mass is 10.0. The Balaban J connectivity index is 1.50. The fourth-order valence-electron chi connectivity index (χ4n) is 3.72. The average Bonchev–Trinajstić information content (AvgIpc) is 2.60. The second-order valence-electron chi connectivity index (χ2n) is 6.75. The molecule has 1 aromatic carbocycles. The van der Waals surface area contributed by atoms with E-state index in [0.717, 1.165) is 51.2 Å². The highest BCUT2D eigenvalue weighted by Gasteiger charge is 2.35. The van der Waals surface area contributed by atoms with Crippen LogP contribution < -0.4 is 4.90 Å². The van der Waals surface area contributed by atoms with Gasteiger partial charge in [0.2, 0.25) is 0 Å². The molecule has 5 nitrogen and oxygen atoms in total. The first-order chi connectivity index (χ1) is 12.2. The van der Waals surface area contributed by atoms with Crippen molar-refractivity contribution in [1.29, 1.82) is 0 Å². The maximum absolute atomic E-state index is 13.1. The molecule has 0 spiro atoms. The number of fused-ring (bicyclic) bond motifs is 1. The van der Waals surface area contributed by atoms with Gasteiger partial charge >= 0.3 is 0 Å². The molecule has 0 bridgehead atoms. The minimum absolute atomic E-state index is 0.381. The molecule has 0 saturated carbocycles. The fraction of sp³-hybridized carbons (Fsp3) is 0.556. The number of anilines is 1. The number of alkyl halides is 2. The third-order valence-corrected chi connectivity index (χ3v) is 5.33. The standard InChI is InChI=1S/C18H23F2N5/c1-2-23-7-9-24(10-8-23)13-11-25(12-13)18-14-5-3-4-6-15(14)21-17(22-18)16(19)20/h3-6,13,16H,2,7-12H2,1H3. The van der Waals surface area contributed by atoms with Crippen LogP contribution in [0.15, 0.2) is 24.3 Å². The van der Waals surface area contributed by atoms with Crippen molar-refractivity contribution >= 4 is 16.7 Å². The molecule has 0 atom stereocenters. The Morgan fingerprint density at radius 1 is 1.08 bits per heavy atom. The molecule has 2 aliphatic rings. The molecule has 2 aromatic rings. The number of rotatable bonds is 4. The number of halogens is 2. The largest absolute Gasteiger partial charge is 0.353 e. The number of hydrogen-bond donors (Lipinski definition) is 0. The average molecular weight is 347 g/mol. The minimum atomic E-state index is -2.65. The van der Waals surface area contributed by atoms with Gasteiger partial charge in [-0.25, -0.2) is 18.7 Å². The summed E-state index contributed by atoms with van der Waals surface area (Å²) in [5.74, 6) is 0.262. The second kappa shape index (κ2) is 6.80. The molecule has 0 N–H and O–H groups in total. The number of hydrogen-bond acceptors (Lipinski definition) is 5. The van der Waals surface area contributed by atoms with E-state index in [4.69, 9.17) is 0 Å². The van der Waals surface area contributed by atoms with Crippen LogP contribution in [0.5, 0.6) is 0 Å². The normalized spacial score (nSPS) is 20.4. The van der Waals surface area contributed by atoms with E-state index < -0.39 is 6.43 Å². The monoisotopic (exact) mass is 347 g/mol. The van der Waals surface area contributed by atoms with Gasteiger partial charge < -0.3 is 9.80 Å². The smallest absolute Gasteiger partial charge is 0.297 e. The molecular weight excluding hydrogens is 324 g/mol. The highest BCUT2D eigenvalue weighted by atomic mass is 19.3. The lowest BCUT2D eigenvalue weighted by molar-refractivity contribution is 0.0858. The summed E-state index contributed by atoms with van der Waals surface area (Å²) in [5, 5.41) is 0.848. The van der Waals surface area contributed by atoms with Gasteiger partial charge in [0, 0.05) is 50.7 Å². The van der Waals surface area contributed by atoms with E-state index >= 15 is 0 Å². The van der Waals surface area contributed by atoms with Crippen LogP contribution in [0.2, 0.25) is 0 Å². The minimum Gasteiger partial charge on any atom is -0.353 e. The van der Waals surface area contributed by atoms with Crippen molar-refractivity contribution in [2.24, 2.45) is 0 Å². The predicted octanol–water partition coefficient (Wildman–Crippen LogP) is 2.39. The molecule has 2 saturated heterocycles. The summed E-state index contributed by atoms with van der Waals surface area (Å²) in [6.07, 6.45) is -2.65. The molecule has 0 radical (unpaired) electrons. The summed E-state index contributed by atoms with van der Waals surface area (Å²) in [6, 6.07) is 7.89. The number of aromatic nitrogens is 2. The number of para-hydroxylation sites is 1. The molecule has 0 aliphatic carbocycles. The molecule has 7 heteroatoms. The fourth-order valence-corrected chi connectivity index (χ4v) is 3.72. The highest BCUT2D eigenvalue weighted by Crippen LogP contribution is 2.31. The zero-order chi connectivity index (χ0) is 17.4. The van der Waals surface area contributed by atoms with Crippen LogP contribution >= 0.6 is 0 Å². The van der Waals surface area contributed by atoms with E-state index in [2.05, 4.69) is 31.6 Å². The van der Waals surface area contributed by atoms with Gasteiger partial charge in [0.25, 0.3) is 6.43 Å². The van der Waals surface area contributed by atoms with E-state index in [-0.39, 0.29) is 5.82 Å². The molecule has 2 aliphatic heterocycles. The van der Waals surface area contributed by atoms with E-state index in [1.54, 1.807) is 6.07 Å².